The number of carbonyl (C=O) groups is 1. The highest BCUT2D eigenvalue weighted by Gasteiger charge is 2.27. The van der Waals surface area contributed by atoms with Crippen molar-refractivity contribution in [2.24, 2.45) is 5.73 Å². The summed E-state index contributed by atoms with van der Waals surface area (Å²) in [7, 11) is 0. The SMILES string of the molecule is N/C(=C1/C(=O)Nc2ccc(Br)cc21)c1ccccc1. The number of hydrogen-bond donors (Lipinski definition) is 2. The Labute approximate surface area is 119 Å². The monoisotopic (exact) mass is 314 g/mol. The molecule has 3 rings (SSSR count). The van der Waals surface area contributed by atoms with E-state index in [0.717, 1.165) is 21.3 Å². The number of rotatable bonds is 1. The lowest BCUT2D eigenvalue weighted by atomic mass is 10.0. The van der Waals surface area contributed by atoms with Crippen molar-refractivity contribution in [1.82, 2.24) is 0 Å². The van der Waals surface area contributed by atoms with E-state index in [-0.39, 0.29) is 5.91 Å². The van der Waals surface area contributed by atoms with Crippen molar-refractivity contribution in [3.8, 4) is 0 Å². The molecule has 0 fully saturated rings. The maximum atomic E-state index is 12.1. The standard InChI is InChI=1S/C15H11BrN2O/c16-10-6-7-12-11(8-10)13(15(19)18-12)14(17)9-4-2-1-3-5-9/h1-8H,17H2,(H,18,19)/b14-13+. The summed E-state index contributed by atoms with van der Waals surface area (Å²) < 4.78 is 0.918. The summed E-state index contributed by atoms with van der Waals surface area (Å²) in [5.41, 5.74) is 9.66. The van der Waals surface area contributed by atoms with E-state index in [0.29, 0.717) is 11.3 Å². The molecule has 0 radical (unpaired) electrons. The third-order valence-electron chi connectivity index (χ3n) is 3.08. The largest absolute Gasteiger partial charge is 0.398 e. The van der Waals surface area contributed by atoms with Crippen LogP contribution in [0, 0.1) is 0 Å². The lowest BCUT2D eigenvalue weighted by molar-refractivity contribution is -0.110. The van der Waals surface area contributed by atoms with Crippen molar-refractivity contribution >= 4 is 38.8 Å². The van der Waals surface area contributed by atoms with Crippen molar-refractivity contribution in [1.29, 1.82) is 0 Å². The Kier molecular flexibility index (Phi) is 2.87. The highest BCUT2D eigenvalue weighted by molar-refractivity contribution is 9.10. The predicted octanol–water partition coefficient (Wildman–Crippen LogP) is 3.23. The number of amides is 1. The molecule has 2 aromatic rings. The van der Waals surface area contributed by atoms with Gasteiger partial charge in [0.25, 0.3) is 5.91 Å². The molecule has 3 N–H and O–H groups in total. The predicted molar refractivity (Wildman–Crippen MR) is 80.2 cm³/mol. The van der Waals surface area contributed by atoms with Gasteiger partial charge in [-0.05, 0) is 23.8 Å². The molecule has 3 nitrogen and oxygen atoms in total. The Bertz CT molecular complexity index is 693. The molecule has 94 valence electrons. The average Bonchev–Trinajstić information content (AvgIpc) is 2.74. The third-order valence-corrected chi connectivity index (χ3v) is 3.57. The second-order valence-electron chi connectivity index (χ2n) is 4.30. The van der Waals surface area contributed by atoms with Crippen molar-refractivity contribution in [2.75, 3.05) is 5.32 Å². The van der Waals surface area contributed by atoms with Crippen LogP contribution < -0.4 is 11.1 Å². The van der Waals surface area contributed by atoms with Gasteiger partial charge in [-0.1, -0.05) is 46.3 Å². The number of hydrogen-bond acceptors (Lipinski definition) is 2. The molecular formula is C15H11BrN2O. The zero-order chi connectivity index (χ0) is 13.4. The van der Waals surface area contributed by atoms with Crippen LogP contribution in [0.5, 0.6) is 0 Å². The van der Waals surface area contributed by atoms with Gasteiger partial charge in [-0.2, -0.15) is 0 Å². The molecule has 1 amide bonds. The Morgan fingerprint density at radius 2 is 1.84 bits per heavy atom. The highest BCUT2D eigenvalue weighted by Crippen LogP contribution is 2.36. The maximum Gasteiger partial charge on any atom is 0.258 e. The summed E-state index contributed by atoms with van der Waals surface area (Å²) in [6.45, 7) is 0. The molecule has 0 unspecified atom stereocenters. The van der Waals surface area contributed by atoms with Gasteiger partial charge in [0.05, 0.1) is 11.3 Å². The lowest BCUT2D eigenvalue weighted by Crippen LogP contribution is -2.09. The number of nitrogens with two attached hydrogens (primary N) is 1. The molecule has 0 saturated carbocycles. The summed E-state index contributed by atoms with van der Waals surface area (Å²) in [6.07, 6.45) is 0. The summed E-state index contributed by atoms with van der Waals surface area (Å²) in [5, 5.41) is 2.83. The van der Waals surface area contributed by atoms with Gasteiger partial charge in [-0.25, -0.2) is 0 Å². The number of nitrogens with one attached hydrogen (secondary N) is 1. The van der Waals surface area contributed by atoms with E-state index in [1.54, 1.807) is 0 Å². The van der Waals surface area contributed by atoms with Crippen molar-refractivity contribution < 1.29 is 4.79 Å². The molecule has 0 spiro atoms. The van der Waals surface area contributed by atoms with Crippen LogP contribution in [0.3, 0.4) is 0 Å². The van der Waals surface area contributed by atoms with E-state index in [1.165, 1.54) is 0 Å². The van der Waals surface area contributed by atoms with Gasteiger partial charge >= 0.3 is 0 Å². The fraction of sp³-hybridized carbons (Fsp3) is 0. The summed E-state index contributed by atoms with van der Waals surface area (Å²) in [4.78, 5) is 12.1. The first-order valence-electron chi connectivity index (χ1n) is 5.83. The first-order valence-corrected chi connectivity index (χ1v) is 6.62. The van der Waals surface area contributed by atoms with E-state index >= 15 is 0 Å². The fourth-order valence-corrected chi connectivity index (χ4v) is 2.53. The van der Waals surface area contributed by atoms with Crippen LogP contribution >= 0.6 is 15.9 Å². The van der Waals surface area contributed by atoms with Crippen LogP contribution in [0.1, 0.15) is 11.1 Å². The molecule has 0 aromatic heterocycles. The average molecular weight is 315 g/mol. The molecule has 1 heterocycles. The molecule has 1 aliphatic heterocycles. The maximum absolute atomic E-state index is 12.1. The van der Waals surface area contributed by atoms with Crippen LogP contribution in [0.25, 0.3) is 11.3 Å². The number of carbonyl (C=O) groups excluding carboxylic acids is 1. The summed E-state index contributed by atoms with van der Waals surface area (Å²) in [5.74, 6) is -0.158. The zero-order valence-electron chi connectivity index (χ0n) is 9.98. The number of anilines is 1. The minimum atomic E-state index is -0.158. The van der Waals surface area contributed by atoms with Gasteiger partial charge in [-0.15, -0.1) is 0 Å². The lowest BCUT2D eigenvalue weighted by Gasteiger charge is -2.06. The molecule has 0 aliphatic carbocycles. The van der Waals surface area contributed by atoms with Crippen LogP contribution in [0.2, 0.25) is 0 Å². The van der Waals surface area contributed by atoms with E-state index in [1.807, 2.05) is 48.5 Å². The van der Waals surface area contributed by atoms with Crippen molar-refractivity contribution in [2.45, 2.75) is 0 Å². The van der Waals surface area contributed by atoms with E-state index in [9.17, 15) is 4.79 Å². The normalized spacial score (nSPS) is 15.9. The van der Waals surface area contributed by atoms with Crippen LogP contribution in [0.15, 0.2) is 53.0 Å². The first kappa shape index (κ1) is 12.0. The molecule has 2 aromatic carbocycles. The van der Waals surface area contributed by atoms with E-state index in [4.69, 9.17) is 5.73 Å². The van der Waals surface area contributed by atoms with Crippen LogP contribution in [-0.4, -0.2) is 5.91 Å². The van der Waals surface area contributed by atoms with Gasteiger partial charge in [-0.3, -0.25) is 4.79 Å². The highest BCUT2D eigenvalue weighted by atomic mass is 79.9. The fourth-order valence-electron chi connectivity index (χ4n) is 2.17. The molecule has 0 bridgehead atoms. The first-order chi connectivity index (χ1) is 9.16. The Balaban J connectivity index is 2.21. The Morgan fingerprint density at radius 3 is 2.58 bits per heavy atom. The van der Waals surface area contributed by atoms with Gasteiger partial charge in [0.2, 0.25) is 0 Å². The summed E-state index contributed by atoms with van der Waals surface area (Å²) >= 11 is 3.42. The molecular weight excluding hydrogens is 304 g/mol. The number of halogens is 1. The number of fused-ring (bicyclic) bond motifs is 1. The van der Waals surface area contributed by atoms with Crippen LogP contribution in [-0.2, 0) is 4.79 Å². The van der Waals surface area contributed by atoms with Crippen molar-refractivity contribution in [3.63, 3.8) is 0 Å². The topological polar surface area (TPSA) is 55.1 Å². The Morgan fingerprint density at radius 1 is 1.11 bits per heavy atom. The number of benzene rings is 2. The molecule has 19 heavy (non-hydrogen) atoms. The van der Waals surface area contributed by atoms with E-state index in [2.05, 4.69) is 21.2 Å². The minimum absolute atomic E-state index is 0.158. The van der Waals surface area contributed by atoms with Gasteiger partial charge in [0.15, 0.2) is 0 Å². The van der Waals surface area contributed by atoms with Crippen molar-refractivity contribution in [3.05, 3.63) is 64.1 Å². The molecule has 0 saturated heterocycles. The van der Waals surface area contributed by atoms with Gasteiger partial charge < -0.3 is 11.1 Å². The van der Waals surface area contributed by atoms with Gasteiger partial charge in [0, 0.05) is 15.7 Å². The molecule has 0 atom stereocenters. The zero-order valence-corrected chi connectivity index (χ0v) is 11.6. The Hall–Kier alpha value is -2.07. The smallest absolute Gasteiger partial charge is 0.258 e. The quantitative estimate of drug-likeness (QED) is 0.794. The molecule has 1 aliphatic rings. The molecule has 4 heteroatoms. The summed E-state index contributed by atoms with van der Waals surface area (Å²) in [6, 6.07) is 15.2. The van der Waals surface area contributed by atoms with E-state index < -0.39 is 0 Å². The second-order valence-corrected chi connectivity index (χ2v) is 5.21. The van der Waals surface area contributed by atoms with Crippen LogP contribution in [0.4, 0.5) is 5.69 Å². The third kappa shape index (κ3) is 2.04. The second kappa shape index (κ2) is 4.55. The minimum Gasteiger partial charge on any atom is -0.398 e. The van der Waals surface area contributed by atoms with Gasteiger partial charge in [0.1, 0.15) is 0 Å².